The summed E-state index contributed by atoms with van der Waals surface area (Å²) in [5.74, 6) is -0.568. The third-order valence-electron chi connectivity index (χ3n) is 4.97. The molecule has 0 aliphatic carbocycles. The van der Waals surface area contributed by atoms with Crippen LogP contribution in [0.25, 0.3) is 11.8 Å². The molecule has 0 radical (unpaired) electrons. The SMILES string of the molecule is CCCCCC1=NN2C(=N)/C(=C/c3cccn3-c3ccc(Cl)c([N+](=O)[O-])c3)C(=O)N=C2S1. The molecule has 9 nitrogen and oxygen atoms in total. The molecule has 0 bridgehead atoms. The number of aromatic nitrogens is 1. The Labute approximate surface area is 193 Å². The van der Waals surface area contributed by atoms with Crippen LogP contribution in [-0.2, 0) is 4.79 Å². The molecule has 1 aromatic carbocycles. The summed E-state index contributed by atoms with van der Waals surface area (Å²) in [5, 5.41) is 26.9. The summed E-state index contributed by atoms with van der Waals surface area (Å²) in [6.07, 6.45) is 7.22. The number of amidine groups is 2. The number of hydrogen-bond donors (Lipinski definition) is 1. The summed E-state index contributed by atoms with van der Waals surface area (Å²) >= 11 is 7.24. The van der Waals surface area contributed by atoms with E-state index in [1.165, 1.54) is 28.9 Å². The Bertz CT molecular complexity index is 1220. The maximum atomic E-state index is 12.7. The van der Waals surface area contributed by atoms with Crippen LogP contribution in [0, 0.1) is 15.5 Å². The topological polar surface area (TPSA) is 117 Å². The number of hydrazone groups is 1. The van der Waals surface area contributed by atoms with Gasteiger partial charge in [0.1, 0.15) is 10.1 Å². The predicted molar refractivity (Wildman–Crippen MR) is 127 cm³/mol. The summed E-state index contributed by atoms with van der Waals surface area (Å²) in [6, 6.07) is 7.94. The second kappa shape index (κ2) is 9.09. The van der Waals surface area contributed by atoms with Gasteiger partial charge < -0.3 is 4.57 Å². The second-order valence-corrected chi connectivity index (χ2v) is 8.61. The number of halogens is 1. The van der Waals surface area contributed by atoms with Crippen LogP contribution in [0.5, 0.6) is 0 Å². The van der Waals surface area contributed by atoms with E-state index in [1.807, 2.05) is 0 Å². The number of amides is 1. The zero-order chi connectivity index (χ0) is 22.8. The van der Waals surface area contributed by atoms with Gasteiger partial charge in [0, 0.05) is 18.0 Å². The fourth-order valence-electron chi connectivity index (χ4n) is 3.34. The molecule has 0 saturated heterocycles. The minimum absolute atomic E-state index is 0.0380. The molecule has 3 heterocycles. The van der Waals surface area contributed by atoms with Crippen molar-refractivity contribution in [2.24, 2.45) is 10.1 Å². The van der Waals surface area contributed by atoms with E-state index >= 15 is 0 Å². The smallest absolute Gasteiger partial charge is 0.289 e. The number of nitrogens with zero attached hydrogens (tertiary/aromatic N) is 5. The van der Waals surface area contributed by atoms with E-state index in [0.29, 0.717) is 16.5 Å². The number of nitrogens with one attached hydrogen (secondary N) is 1. The standard InChI is InChI=1S/C21H19ClN6O3S/c1-2-3-4-7-18-25-27-19(23)15(20(29)24-21(27)32-18)11-13-6-5-10-26(13)14-8-9-16(22)17(12-14)28(30)31/h5-6,8-12,23H,2-4,7H2,1H3/b15-11-,23-19?. The van der Waals surface area contributed by atoms with Crippen molar-refractivity contribution in [3.63, 3.8) is 0 Å². The van der Waals surface area contributed by atoms with Crippen LogP contribution in [0.15, 0.2) is 52.2 Å². The van der Waals surface area contributed by atoms with Gasteiger partial charge >= 0.3 is 0 Å². The number of nitro groups is 1. The Morgan fingerprint density at radius 2 is 2.12 bits per heavy atom. The molecule has 11 heteroatoms. The maximum Gasteiger partial charge on any atom is 0.289 e. The van der Waals surface area contributed by atoms with Gasteiger partial charge in [-0.3, -0.25) is 20.3 Å². The highest BCUT2D eigenvalue weighted by Gasteiger charge is 2.35. The van der Waals surface area contributed by atoms with E-state index in [-0.39, 0.29) is 22.1 Å². The summed E-state index contributed by atoms with van der Waals surface area (Å²) in [5.41, 5.74) is 0.944. The highest BCUT2D eigenvalue weighted by molar-refractivity contribution is 8.26. The lowest BCUT2D eigenvalue weighted by Crippen LogP contribution is -2.35. The first kappa shape index (κ1) is 22.0. The van der Waals surface area contributed by atoms with Gasteiger partial charge in [-0.25, -0.2) is 0 Å². The molecule has 4 rings (SSSR count). The normalized spacial score (nSPS) is 16.9. The number of hydrogen-bond acceptors (Lipinski definition) is 6. The monoisotopic (exact) mass is 470 g/mol. The molecule has 0 atom stereocenters. The van der Waals surface area contributed by atoms with Gasteiger partial charge in [0.15, 0.2) is 5.84 Å². The first-order valence-corrected chi connectivity index (χ1v) is 11.2. The summed E-state index contributed by atoms with van der Waals surface area (Å²) in [4.78, 5) is 27.5. The van der Waals surface area contributed by atoms with Crippen LogP contribution in [0.2, 0.25) is 5.02 Å². The van der Waals surface area contributed by atoms with E-state index in [4.69, 9.17) is 17.0 Å². The molecule has 2 aliphatic rings. The Hall–Kier alpha value is -3.24. The van der Waals surface area contributed by atoms with Crippen molar-refractivity contribution in [3.05, 3.63) is 62.9 Å². The molecule has 32 heavy (non-hydrogen) atoms. The van der Waals surface area contributed by atoms with E-state index in [0.717, 1.165) is 30.7 Å². The number of benzene rings is 1. The van der Waals surface area contributed by atoms with E-state index in [9.17, 15) is 14.9 Å². The average Bonchev–Trinajstić information content (AvgIpc) is 3.38. The molecule has 1 amide bonds. The summed E-state index contributed by atoms with van der Waals surface area (Å²) in [6.45, 7) is 2.13. The van der Waals surface area contributed by atoms with Crippen LogP contribution in [0.4, 0.5) is 5.69 Å². The third kappa shape index (κ3) is 4.23. The average molecular weight is 471 g/mol. The molecule has 0 fully saturated rings. The molecule has 1 aromatic heterocycles. The third-order valence-corrected chi connectivity index (χ3v) is 6.26. The zero-order valence-electron chi connectivity index (χ0n) is 17.1. The maximum absolute atomic E-state index is 12.7. The lowest BCUT2D eigenvalue weighted by Gasteiger charge is -2.20. The fourth-order valence-corrected chi connectivity index (χ4v) is 4.46. The molecule has 164 valence electrons. The first-order valence-electron chi connectivity index (χ1n) is 9.99. The van der Waals surface area contributed by atoms with Gasteiger partial charge in [-0.05, 0) is 54.9 Å². The molecular formula is C21H19ClN6O3S. The highest BCUT2D eigenvalue weighted by atomic mass is 35.5. The van der Waals surface area contributed by atoms with Crippen LogP contribution in [0.1, 0.15) is 38.3 Å². The number of thioether (sulfide) groups is 1. The second-order valence-electron chi connectivity index (χ2n) is 7.17. The van der Waals surface area contributed by atoms with Gasteiger partial charge in [-0.2, -0.15) is 15.1 Å². The molecule has 2 aromatic rings. The largest absolute Gasteiger partial charge is 0.317 e. The molecular weight excluding hydrogens is 452 g/mol. The van der Waals surface area contributed by atoms with E-state index < -0.39 is 10.8 Å². The fraction of sp³-hybridized carbons (Fsp3) is 0.238. The van der Waals surface area contributed by atoms with Crippen LogP contribution >= 0.6 is 23.4 Å². The molecule has 2 aliphatic heterocycles. The summed E-state index contributed by atoms with van der Waals surface area (Å²) < 4.78 is 1.67. The van der Waals surface area contributed by atoms with Gasteiger partial charge in [-0.15, -0.1) is 0 Å². The number of fused-ring (bicyclic) bond motifs is 1. The van der Waals surface area contributed by atoms with Crippen LogP contribution < -0.4 is 0 Å². The van der Waals surface area contributed by atoms with E-state index in [1.54, 1.807) is 35.0 Å². The highest BCUT2D eigenvalue weighted by Crippen LogP contribution is 2.31. The van der Waals surface area contributed by atoms with E-state index in [2.05, 4.69) is 17.0 Å². The first-order chi connectivity index (χ1) is 15.4. The van der Waals surface area contributed by atoms with Crippen molar-refractivity contribution in [3.8, 4) is 5.69 Å². The number of unbranched alkanes of at least 4 members (excludes halogenated alkanes) is 2. The Balaban J connectivity index is 1.65. The molecule has 1 N–H and O–H groups in total. The molecule has 0 spiro atoms. The lowest BCUT2D eigenvalue weighted by molar-refractivity contribution is -0.384. The van der Waals surface area contributed by atoms with Crippen molar-refractivity contribution in [2.45, 2.75) is 32.6 Å². The van der Waals surface area contributed by atoms with Gasteiger partial charge in [0.2, 0.25) is 5.17 Å². The van der Waals surface area contributed by atoms with Crippen molar-refractivity contribution >= 4 is 57.1 Å². The Morgan fingerprint density at radius 1 is 1.31 bits per heavy atom. The summed E-state index contributed by atoms with van der Waals surface area (Å²) in [7, 11) is 0. The van der Waals surface area contributed by atoms with Crippen LogP contribution in [0.3, 0.4) is 0 Å². The number of carbonyl (C=O) groups excluding carboxylic acids is 1. The van der Waals surface area contributed by atoms with Gasteiger partial charge in [0.25, 0.3) is 11.6 Å². The van der Waals surface area contributed by atoms with Crippen LogP contribution in [-0.4, -0.2) is 36.5 Å². The number of nitro benzene ring substituents is 1. The quantitative estimate of drug-likeness (QED) is 0.257. The molecule has 0 unspecified atom stereocenters. The number of aliphatic imine (C=N–C) groups is 1. The minimum atomic E-state index is -0.550. The van der Waals surface area contributed by atoms with Gasteiger partial charge in [-0.1, -0.05) is 31.4 Å². The lowest BCUT2D eigenvalue weighted by atomic mass is 10.1. The zero-order valence-corrected chi connectivity index (χ0v) is 18.7. The Morgan fingerprint density at radius 3 is 2.88 bits per heavy atom. The molecule has 0 saturated carbocycles. The van der Waals surface area contributed by atoms with Gasteiger partial charge in [0.05, 0.1) is 16.2 Å². The predicted octanol–water partition coefficient (Wildman–Crippen LogP) is 5.24. The van der Waals surface area contributed by atoms with Crippen molar-refractivity contribution in [1.29, 1.82) is 5.41 Å². The number of rotatable bonds is 7. The van der Waals surface area contributed by atoms with Crippen molar-refractivity contribution in [2.75, 3.05) is 0 Å². The van der Waals surface area contributed by atoms with Crippen molar-refractivity contribution < 1.29 is 9.72 Å². The van der Waals surface area contributed by atoms with Crippen molar-refractivity contribution in [1.82, 2.24) is 9.58 Å². The number of carbonyl (C=O) groups is 1. The minimum Gasteiger partial charge on any atom is -0.317 e. The Kier molecular flexibility index (Phi) is 6.24.